The number of rotatable bonds is 4. The van der Waals surface area contributed by atoms with Gasteiger partial charge < -0.3 is 4.42 Å². The van der Waals surface area contributed by atoms with Gasteiger partial charge in [0.25, 0.3) is 0 Å². The van der Waals surface area contributed by atoms with E-state index < -0.39 is 0 Å². The van der Waals surface area contributed by atoms with Gasteiger partial charge in [-0.2, -0.15) is 0 Å². The van der Waals surface area contributed by atoms with Crippen LogP contribution in [0.1, 0.15) is 29.7 Å². The summed E-state index contributed by atoms with van der Waals surface area (Å²) in [6.07, 6.45) is 5.18. The molecule has 5 nitrogen and oxygen atoms in total. The lowest BCUT2D eigenvalue weighted by atomic mass is 9.89. The fourth-order valence-corrected chi connectivity index (χ4v) is 5.77. The van der Waals surface area contributed by atoms with Gasteiger partial charge in [0, 0.05) is 15.8 Å². The molecule has 1 aliphatic carbocycles. The Hall–Kier alpha value is -2.25. The molecule has 27 heavy (non-hydrogen) atoms. The minimum absolute atomic E-state index is 0.556. The third kappa shape index (κ3) is 3.26. The molecule has 0 saturated heterocycles. The molecule has 0 N–H and O–H groups in total. The highest BCUT2D eigenvalue weighted by Gasteiger charge is 2.23. The van der Waals surface area contributed by atoms with Crippen LogP contribution < -0.4 is 0 Å². The molecule has 1 atom stereocenters. The zero-order valence-electron chi connectivity index (χ0n) is 14.9. The van der Waals surface area contributed by atoms with Crippen LogP contribution in [0.2, 0.25) is 0 Å². The molecular weight excluding hydrogens is 376 g/mol. The number of aromatic nitrogens is 4. The van der Waals surface area contributed by atoms with E-state index in [0.717, 1.165) is 34.2 Å². The zero-order chi connectivity index (χ0) is 18.2. The summed E-state index contributed by atoms with van der Waals surface area (Å²) in [6.45, 7) is 2.33. The molecule has 0 saturated carbocycles. The smallest absolute Gasteiger partial charge is 0.247 e. The number of benzene rings is 1. The average Bonchev–Trinajstić information content (AvgIpc) is 3.31. The van der Waals surface area contributed by atoms with Gasteiger partial charge in [-0.05, 0) is 42.9 Å². The number of aryl methyl sites for hydroxylation is 1. The van der Waals surface area contributed by atoms with Crippen LogP contribution in [0.4, 0.5) is 0 Å². The Morgan fingerprint density at radius 1 is 1.19 bits per heavy atom. The summed E-state index contributed by atoms with van der Waals surface area (Å²) in [7, 11) is 0. The lowest BCUT2D eigenvalue weighted by molar-refractivity contribution is 0.509. The molecule has 0 unspecified atom stereocenters. The molecule has 0 aliphatic heterocycles. The topological polar surface area (TPSA) is 64.7 Å². The van der Waals surface area contributed by atoms with Crippen molar-refractivity contribution in [1.82, 2.24) is 20.2 Å². The van der Waals surface area contributed by atoms with Gasteiger partial charge in [-0.3, -0.25) is 0 Å². The van der Waals surface area contributed by atoms with Crippen LogP contribution in [0.5, 0.6) is 0 Å². The monoisotopic (exact) mass is 394 g/mol. The van der Waals surface area contributed by atoms with E-state index in [1.54, 1.807) is 18.1 Å². The van der Waals surface area contributed by atoms with E-state index >= 15 is 0 Å². The first-order chi connectivity index (χ1) is 13.3. The summed E-state index contributed by atoms with van der Waals surface area (Å²) in [4.78, 5) is 11.6. The van der Waals surface area contributed by atoms with Gasteiger partial charge in [-0.15, -0.1) is 21.5 Å². The van der Waals surface area contributed by atoms with Gasteiger partial charge in [-0.25, -0.2) is 9.97 Å². The fourth-order valence-electron chi connectivity index (χ4n) is 3.50. The molecule has 0 bridgehead atoms. The van der Waals surface area contributed by atoms with Crippen molar-refractivity contribution in [2.75, 3.05) is 0 Å². The normalized spacial score (nSPS) is 16.6. The molecule has 0 fully saturated rings. The van der Waals surface area contributed by atoms with Crippen LogP contribution >= 0.6 is 23.1 Å². The molecular formula is C20H18N4OS2. The number of hydrogen-bond acceptors (Lipinski definition) is 7. The largest absolute Gasteiger partial charge is 0.420 e. The average molecular weight is 395 g/mol. The minimum Gasteiger partial charge on any atom is -0.420 e. The first kappa shape index (κ1) is 16.9. The Balaban J connectivity index is 1.40. The van der Waals surface area contributed by atoms with E-state index in [1.807, 2.05) is 41.7 Å². The number of fused-ring (bicyclic) bond motifs is 3. The zero-order valence-corrected chi connectivity index (χ0v) is 16.5. The highest BCUT2D eigenvalue weighted by atomic mass is 32.2. The van der Waals surface area contributed by atoms with Crippen molar-refractivity contribution >= 4 is 33.3 Å². The second-order valence-electron chi connectivity index (χ2n) is 6.87. The molecule has 0 amide bonds. The Labute approximate surface area is 165 Å². The maximum atomic E-state index is 5.83. The number of thioether (sulfide) groups is 1. The van der Waals surface area contributed by atoms with Crippen LogP contribution in [-0.2, 0) is 18.6 Å². The molecule has 1 aliphatic rings. The van der Waals surface area contributed by atoms with Gasteiger partial charge in [0.05, 0.1) is 5.75 Å². The third-order valence-corrected chi connectivity index (χ3v) is 7.01. The predicted molar refractivity (Wildman–Crippen MR) is 108 cm³/mol. The number of thiophene rings is 1. The first-order valence-electron chi connectivity index (χ1n) is 9.04. The Morgan fingerprint density at radius 2 is 2.07 bits per heavy atom. The maximum absolute atomic E-state index is 5.83. The van der Waals surface area contributed by atoms with E-state index in [0.29, 0.717) is 17.5 Å². The highest BCUT2D eigenvalue weighted by Crippen LogP contribution is 2.41. The number of hydrogen-bond donors (Lipinski definition) is 0. The molecule has 4 aromatic rings. The Kier molecular flexibility index (Phi) is 4.41. The lowest BCUT2D eigenvalue weighted by Gasteiger charge is -2.18. The maximum Gasteiger partial charge on any atom is 0.247 e. The Morgan fingerprint density at radius 3 is 2.96 bits per heavy atom. The van der Waals surface area contributed by atoms with Crippen molar-refractivity contribution in [1.29, 1.82) is 0 Å². The Bertz CT molecular complexity index is 1090. The number of nitrogens with zero attached hydrogens (tertiary/aromatic N) is 4. The lowest BCUT2D eigenvalue weighted by Crippen LogP contribution is -2.08. The van der Waals surface area contributed by atoms with Crippen molar-refractivity contribution in [3.8, 4) is 11.5 Å². The van der Waals surface area contributed by atoms with Gasteiger partial charge >= 0.3 is 0 Å². The summed E-state index contributed by atoms with van der Waals surface area (Å²) in [5, 5.41) is 10.6. The van der Waals surface area contributed by atoms with Crippen LogP contribution in [0, 0.1) is 5.92 Å². The first-order valence-corrected chi connectivity index (χ1v) is 10.8. The molecule has 136 valence electrons. The predicted octanol–water partition coefficient (Wildman–Crippen LogP) is 5.16. The van der Waals surface area contributed by atoms with Crippen molar-refractivity contribution in [3.63, 3.8) is 0 Å². The summed E-state index contributed by atoms with van der Waals surface area (Å²) in [5.74, 6) is 2.53. The van der Waals surface area contributed by atoms with Crippen molar-refractivity contribution in [2.45, 2.75) is 37.0 Å². The van der Waals surface area contributed by atoms with Gasteiger partial charge in [0.1, 0.15) is 16.2 Å². The SMILES string of the molecule is C[C@@H]1CCc2c(sc3ncnc(SCc4nnc(-c5ccccc5)o4)c23)C1. The molecule has 5 rings (SSSR count). The van der Waals surface area contributed by atoms with E-state index in [2.05, 4.69) is 27.1 Å². The second kappa shape index (κ2) is 7.05. The van der Waals surface area contributed by atoms with Crippen molar-refractivity contribution in [3.05, 3.63) is 53.0 Å². The summed E-state index contributed by atoms with van der Waals surface area (Å²) in [5.41, 5.74) is 2.39. The van der Waals surface area contributed by atoms with Crippen LogP contribution in [0.25, 0.3) is 21.7 Å². The van der Waals surface area contributed by atoms with E-state index in [9.17, 15) is 0 Å². The van der Waals surface area contributed by atoms with Crippen molar-refractivity contribution < 1.29 is 4.42 Å². The summed E-state index contributed by atoms with van der Waals surface area (Å²) < 4.78 is 5.83. The minimum atomic E-state index is 0.556. The quantitative estimate of drug-likeness (QED) is 0.352. The van der Waals surface area contributed by atoms with E-state index in [4.69, 9.17) is 4.42 Å². The third-order valence-electron chi connectivity index (χ3n) is 4.88. The summed E-state index contributed by atoms with van der Waals surface area (Å²) >= 11 is 3.47. The highest BCUT2D eigenvalue weighted by molar-refractivity contribution is 7.98. The van der Waals surface area contributed by atoms with Crippen LogP contribution in [-0.4, -0.2) is 20.2 Å². The molecule has 0 radical (unpaired) electrons. The van der Waals surface area contributed by atoms with Gasteiger partial charge in [0.15, 0.2) is 0 Å². The van der Waals surface area contributed by atoms with E-state index in [1.165, 1.54) is 22.2 Å². The summed E-state index contributed by atoms with van der Waals surface area (Å²) in [6, 6.07) is 9.84. The fraction of sp³-hybridized carbons (Fsp3) is 0.300. The molecule has 3 aromatic heterocycles. The molecule has 3 heterocycles. The van der Waals surface area contributed by atoms with Gasteiger partial charge in [-0.1, -0.05) is 36.9 Å². The van der Waals surface area contributed by atoms with Crippen LogP contribution in [0.15, 0.2) is 46.1 Å². The van der Waals surface area contributed by atoms with E-state index in [-0.39, 0.29) is 0 Å². The van der Waals surface area contributed by atoms with Crippen molar-refractivity contribution in [2.24, 2.45) is 5.92 Å². The molecule has 7 heteroatoms. The van der Waals surface area contributed by atoms with Crippen LogP contribution in [0.3, 0.4) is 0 Å². The van der Waals surface area contributed by atoms with Gasteiger partial charge in [0.2, 0.25) is 11.8 Å². The molecule has 0 spiro atoms. The second-order valence-corrected chi connectivity index (χ2v) is 8.91. The standard InChI is InChI=1S/C20H18N4OS2/c1-12-7-8-14-15(9-12)27-20-17(14)19(21-11-22-20)26-10-16-23-24-18(25-16)13-5-3-2-4-6-13/h2-6,11-12H,7-10H2,1H3/t12-/m1/s1. The molecule has 1 aromatic carbocycles.